The van der Waals surface area contributed by atoms with Crippen LogP contribution >= 0.6 is 0 Å². The van der Waals surface area contributed by atoms with E-state index in [2.05, 4.69) is 0 Å². The Morgan fingerprint density at radius 2 is 1.87 bits per heavy atom. The number of rotatable bonds is 5. The Balaban J connectivity index is 2.42. The molecule has 0 radical (unpaired) electrons. The maximum Gasteiger partial charge on any atom is 0.222 e. The average Bonchev–Trinajstić information content (AvgIpc) is 2.68. The minimum Gasteiger partial charge on any atom is -0.396 e. The van der Waals surface area contributed by atoms with Crippen molar-refractivity contribution in [3.05, 3.63) is 0 Å². The summed E-state index contributed by atoms with van der Waals surface area (Å²) < 4.78 is 10.5. The topological polar surface area (TPSA) is 59.0 Å². The van der Waals surface area contributed by atoms with Crippen LogP contribution in [0.3, 0.4) is 0 Å². The highest BCUT2D eigenvalue weighted by Crippen LogP contribution is 2.16. The quantitative estimate of drug-likeness (QED) is 0.682. The van der Waals surface area contributed by atoms with Gasteiger partial charge in [-0.25, -0.2) is 0 Å². The monoisotopic (exact) mass is 217 g/mol. The van der Waals surface area contributed by atoms with Crippen LogP contribution in [-0.2, 0) is 14.3 Å². The van der Waals surface area contributed by atoms with Crippen molar-refractivity contribution in [2.24, 2.45) is 0 Å². The summed E-state index contributed by atoms with van der Waals surface area (Å²) in [6.45, 7) is 1.22. The van der Waals surface area contributed by atoms with Crippen LogP contribution in [0.4, 0.5) is 0 Å². The maximum atomic E-state index is 11.6. The van der Waals surface area contributed by atoms with Crippen molar-refractivity contribution < 1.29 is 19.4 Å². The molecule has 1 amide bonds. The lowest BCUT2D eigenvalue weighted by molar-refractivity contribution is -0.131. The van der Waals surface area contributed by atoms with Gasteiger partial charge in [0.05, 0.1) is 0 Å². The van der Waals surface area contributed by atoms with E-state index in [1.807, 2.05) is 0 Å². The first kappa shape index (κ1) is 12.4. The molecular weight excluding hydrogens is 198 g/mol. The molecule has 2 unspecified atom stereocenters. The first-order valence-corrected chi connectivity index (χ1v) is 5.17. The predicted molar refractivity (Wildman–Crippen MR) is 54.5 cm³/mol. The molecule has 88 valence electrons. The van der Waals surface area contributed by atoms with Crippen LogP contribution in [0.1, 0.15) is 12.8 Å². The molecule has 0 aromatic rings. The number of carbonyl (C=O) groups is 1. The number of ether oxygens (including phenoxy) is 2. The van der Waals surface area contributed by atoms with Gasteiger partial charge >= 0.3 is 0 Å². The van der Waals surface area contributed by atoms with Crippen molar-refractivity contribution in [3.63, 3.8) is 0 Å². The lowest BCUT2D eigenvalue weighted by Gasteiger charge is -2.15. The van der Waals surface area contributed by atoms with E-state index >= 15 is 0 Å². The predicted octanol–water partition coefficient (Wildman–Crippen LogP) is -0.369. The summed E-state index contributed by atoms with van der Waals surface area (Å²) >= 11 is 0. The van der Waals surface area contributed by atoms with E-state index in [1.165, 1.54) is 0 Å². The van der Waals surface area contributed by atoms with Crippen LogP contribution in [0.2, 0.25) is 0 Å². The Kier molecular flexibility index (Phi) is 5.01. The third kappa shape index (κ3) is 3.15. The molecule has 1 rings (SSSR count). The fraction of sp³-hybridized carbons (Fsp3) is 0.900. The summed E-state index contributed by atoms with van der Waals surface area (Å²) in [5.74, 6) is 0.0608. The summed E-state index contributed by atoms with van der Waals surface area (Å²) in [4.78, 5) is 13.4. The first-order valence-electron chi connectivity index (χ1n) is 5.17. The van der Waals surface area contributed by atoms with E-state index in [9.17, 15) is 4.79 Å². The van der Waals surface area contributed by atoms with Gasteiger partial charge in [-0.15, -0.1) is 0 Å². The molecule has 1 N–H and O–H groups in total. The normalized spacial score (nSPS) is 25.9. The zero-order valence-corrected chi connectivity index (χ0v) is 9.31. The number of carbonyl (C=O) groups excluding carboxylic acids is 1. The van der Waals surface area contributed by atoms with Crippen LogP contribution in [0.25, 0.3) is 0 Å². The van der Waals surface area contributed by atoms with Gasteiger partial charge in [-0.1, -0.05) is 0 Å². The molecule has 0 aromatic carbocycles. The molecule has 0 bridgehead atoms. The highest BCUT2D eigenvalue weighted by molar-refractivity contribution is 5.76. The van der Waals surface area contributed by atoms with Gasteiger partial charge in [0.1, 0.15) is 12.2 Å². The van der Waals surface area contributed by atoms with Gasteiger partial charge in [0, 0.05) is 40.3 Å². The molecule has 5 nitrogen and oxygen atoms in total. The van der Waals surface area contributed by atoms with Crippen LogP contribution in [0.5, 0.6) is 0 Å². The van der Waals surface area contributed by atoms with Gasteiger partial charge in [0.15, 0.2) is 0 Å². The van der Waals surface area contributed by atoms with Crippen molar-refractivity contribution >= 4 is 5.91 Å². The number of nitrogens with zero attached hydrogens (tertiary/aromatic N) is 1. The summed E-state index contributed by atoms with van der Waals surface area (Å²) in [5, 5.41) is 8.63. The number of hydrogen-bond acceptors (Lipinski definition) is 4. The molecule has 2 atom stereocenters. The molecular formula is C10H19NO4. The molecule has 0 spiro atoms. The van der Waals surface area contributed by atoms with Crippen LogP contribution in [0.15, 0.2) is 0 Å². The van der Waals surface area contributed by atoms with Gasteiger partial charge in [0.2, 0.25) is 5.91 Å². The molecule has 1 fully saturated rings. The number of methoxy groups -OCH3 is 2. The SMILES string of the molecule is COC1CN(C(=O)CCCO)CC1OC. The Morgan fingerprint density at radius 1 is 1.33 bits per heavy atom. The van der Waals surface area contributed by atoms with Gasteiger partial charge in [-0.2, -0.15) is 0 Å². The Labute approximate surface area is 90.0 Å². The number of likely N-dealkylation sites (tertiary alicyclic amines) is 1. The molecule has 1 aliphatic rings. The van der Waals surface area contributed by atoms with Gasteiger partial charge in [-0.3, -0.25) is 4.79 Å². The van der Waals surface area contributed by atoms with Crippen molar-refractivity contribution in [1.29, 1.82) is 0 Å². The lowest BCUT2D eigenvalue weighted by atomic mass is 10.3. The van der Waals surface area contributed by atoms with Crippen LogP contribution in [-0.4, -0.2) is 62.0 Å². The smallest absolute Gasteiger partial charge is 0.222 e. The van der Waals surface area contributed by atoms with E-state index < -0.39 is 0 Å². The number of aliphatic hydroxyl groups is 1. The van der Waals surface area contributed by atoms with E-state index in [-0.39, 0.29) is 24.7 Å². The molecule has 0 aliphatic carbocycles. The number of hydrogen-bond donors (Lipinski definition) is 1. The zero-order chi connectivity index (χ0) is 11.3. The van der Waals surface area contributed by atoms with Gasteiger partial charge < -0.3 is 19.5 Å². The Bertz CT molecular complexity index is 198. The second kappa shape index (κ2) is 6.05. The zero-order valence-electron chi connectivity index (χ0n) is 9.31. The highest BCUT2D eigenvalue weighted by Gasteiger charge is 2.34. The number of aliphatic hydroxyl groups excluding tert-OH is 1. The van der Waals surface area contributed by atoms with Gasteiger partial charge in [-0.05, 0) is 6.42 Å². The van der Waals surface area contributed by atoms with Crippen LogP contribution in [0, 0.1) is 0 Å². The third-order valence-electron chi connectivity index (χ3n) is 2.72. The fourth-order valence-corrected chi connectivity index (χ4v) is 1.79. The molecule has 0 aromatic heterocycles. The molecule has 1 saturated heterocycles. The second-order valence-corrected chi connectivity index (χ2v) is 3.67. The number of amides is 1. The van der Waals surface area contributed by atoms with Crippen molar-refractivity contribution in [1.82, 2.24) is 4.90 Å². The van der Waals surface area contributed by atoms with E-state index in [4.69, 9.17) is 14.6 Å². The summed E-state index contributed by atoms with van der Waals surface area (Å²) in [7, 11) is 3.25. The van der Waals surface area contributed by atoms with Crippen molar-refractivity contribution in [3.8, 4) is 0 Å². The molecule has 5 heteroatoms. The van der Waals surface area contributed by atoms with E-state index in [0.717, 1.165) is 0 Å². The lowest BCUT2D eigenvalue weighted by Crippen LogP contribution is -2.29. The summed E-state index contributed by atoms with van der Waals surface area (Å²) in [5.41, 5.74) is 0. The molecule has 15 heavy (non-hydrogen) atoms. The van der Waals surface area contributed by atoms with E-state index in [1.54, 1.807) is 19.1 Å². The minimum absolute atomic E-state index is 0.0342. The Hall–Kier alpha value is -0.650. The third-order valence-corrected chi connectivity index (χ3v) is 2.72. The van der Waals surface area contributed by atoms with Crippen molar-refractivity contribution in [2.75, 3.05) is 33.9 Å². The largest absolute Gasteiger partial charge is 0.396 e. The highest BCUT2D eigenvalue weighted by atomic mass is 16.5. The summed E-state index contributed by atoms with van der Waals surface area (Å²) in [6.07, 6.45) is 0.842. The fourth-order valence-electron chi connectivity index (χ4n) is 1.79. The summed E-state index contributed by atoms with van der Waals surface area (Å²) in [6, 6.07) is 0. The first-order chi connectivity index (χ1) is 7.22. The standard InChI is InChI=1S/C10H19NO4/c1-14-8-6-11(7-9(8)15-2)10(13)4-3-5-12/h8-9,12H,3-7H2,1-2H3. The average molecular weight is 217 g/mol. The maximum absolute atomic E-state index is 11.6. The van der Waals surface area contributed by atoms with Crippen LogP contribution < -0.4 is 0 Å². The molecule has 1 aliphatic heterocycles. The molecule has 1 heterocycles. The Morgan fingerprint density at radius 3 is 2.27 bits per heavy atom. The van der Waals surface area contributed by atoms with Gasteiger partial charge in [0.25, 0.3) is 0 Å². The second-order valence-electron chi connectivity index (χ2n) is 3.67. The molecule has 0 saturated carbocycles. The van der Waals surface area contributed by atoms with E-state index in [0.29, 0.717) is 25.9 Å². The van der Waals surface area contributed by atoms with Crippen molar-refractivity contribution in [2.45, 2.75) is 25.0 Å². The minimum atomic E-state index is -0.0342.